The number of fused-ring (bicyclic) bond motifs is 2. The molecule has 1 aliphatic carbocycles. The maximum absolute atomic E-state index is 13.0. The molecule has 5 rings (SSSR count). The van der Waals surface area contributed by atoms with E-state index < -0.39 is 11.2 Å². The number of benzene rings is 2. The molecule has 1 aromatic heterocycles. The van der Waals surface area contributed by atoms with E-state index in [1.54, 1.807) is 0 Å². The molecule has 2 heterocycles. The molecule has 0 unspecified atom stereocenters. The van der Waals surface area contributed by atoms with Crippen LogP contribution in [-0.2, 0) is 17.8 Å². The highest BCUT2D eigenvalue weighted by Gasteiger charge is 2.43. The molecule has 0 bridgehead atoms. The summed E-state index contributed by atoms with van der Waals surface area (Å²) >= 11 is 0. The summed E-state index contributed by atoms with van der Waals surface area (Å²) in [7, 11) is 0. The van der Waals surface area contributed by atoms with E-state index in [-0.39, 0.29) is 18.2 Å². The second kappa shape index (κ2) is 10.3. The van der Waals surface area contributed by atoms with Crippen molar-refractivity contribution in [2.75, 3.05) is 13.1 Å². The first-order chi connectivity index (χ1) is 17.7. The molecule has 196 valence electrons. The molecule has 6 heteroatoms. The van der Waals surface area contributed by atoms with Crippen molar-refractivity contribution in [2.45, 2.75) is 77.9 Å². The third kappa shape index (κ3) is 5.17. The Kier molecular flexibility index (Phi) is 7.13. The number of nitrogens with zero attached hydrogens (tertiary/aromatic N) is 1. The van der Waals surface area contributed by atoms with E-state index >= 15 is 0 Å². The van der Waals surface area contributed by atoms with Gasteiger partial charge in [0.15, 0.2) is 0 Å². The minimum absolute atomic E-state index is 0.0440. The van der Waals surface area contributed by atoms with E-state index in [9.17, 15) is 14.7 Å². The number of hydrogen-bond acceptors (Lipinski definition) is 5. The number of piperidine rings is 1. The van der Waals surface area contributed by atoms with Gasteiger partial charge in [0.2, 0.25) is 5.91 Å². The molecule has 37 heavy (non-hydrogen) atoms. The lowest BCUT2D eigenvalue weighted by atomic mass is 9.71. The van der Waals surface area contributed by atoms with Crippen LogP contribution in [0, 0.1) is 26.7 Å². The first-order valence-electron chi connectivity index (χ1n) is 13.5. The van der Waals surface area contributed by atoms with E-state index in [0.717, 1.165) is 47.8 Å². The third-order valence-electron chi connectivity index (χ3n) is 8.54. The summed E-state index contributed by atoms with van der Waals surface area (Å²) < 4.78 is 11.8. The van der Waals surface area contributed by atoms with Gasteiger partial charge in [0.05, 0.1) is 5.60 Å². The molecule has 3 aromatic rings. The standard InChI is InChI=1S/C31H37NO5/c1-20-7-9-23(10-8-20)19-36-27-13-11-25-21(2)26(30(34)37-29(25)22(27)3)12-14-28(33)32-17-16-31(35)15-5-4-6-24(31)18-32/h7-11,13,24,35H,4-6,12,14-19H2,1-3H3/t24-,31+/m1/s1. The first kappa shape index (κ1) is 25.5. The molecule has 0 spiro atoms. The SMILES string of the molecule is Cc1ccc(COc2ccc3c(C)c(CCC(=O)N4CC[C@@]5(O)CCCC[C@@H]5C4)c(=O)oc3c2C)cc1. The van der Waals surface area contributed by atoms with E-state index in [0.29, 0.717) is 49.4 Å². The molecular formula is C31H37NO5. The van der Waals surface area contributed by atoms with Gasteiger partial charge in [-0.15, -0.1) is 0 Å². The maximum atomic E-state index is 13.0. The zero-order chi connectivity index (χ0) is 26.2. The summed E-state index contributed by atoms with van der Waals surface area (Å²) in [5.74, 6) is 0.894. The molecule has 6 nitrogen and oxygen atoms in total. The Labute approximate surface area is 218 Å². The largest absolute Gasteiger partial charge is 0.488 e. The summed E-state index contributed by atoms with van der Waals surface area (Å²) in [6.07, 6.45) is 5.26. The van der Waals surface area contributed by atoms with Crippen LogP contribution in [0.3, 0.4) is 0 Å². The lowest BCUT2D eigenvalue weighted by Gasteiger charge is -2.47. The third-order valence-corrected chi connectivity index (χ3v) is 8.54. The number of amides is 1. The quantitative estimate of drug-likeness (QED) is 0.457. The number of aryl methyl sites for hydroxylation is 3. The second-order valence-corrected chi connectivity index (χ2v) is 11.0. The molecule has 2 aliphatic rings. The highest BCUT2D eigenvalue weighted by molar-refractivity contribution is 5.86. The van der Waals surface area contributed by atoms with Crippen molar-refractivity contribution in [2.24, 2.45) is 5.92 Å². The average Bonchev–Trinajstić information content (AvgIpc) is 2.89. The van der Waals surface area contributed by atoms with Crippen LogP contribution in [-0.4, -0.2) is 34.6 Å². The van der Waals surface area contributed by atoms with Gasteiger partial charge in [0.25, 0.3) is 0 Å². The normalized spacial score (nSPS) is 21.6. The maximum Gasteiger partial charge on any atom is 0.339 e. The average molecular weight is 504 g/mol. The fourth-order valence-corrected chi connectivity index (χ4v) is 6.05. The molecule has 1 aliphatic heterocycles. The number of rotatable bonds is 6. The molecule has 1 amide bonds. The lowest BCUT2D eigenvalue weighted by Crippen LogP contribution is -2.54. The molecule has 2 atom stereocenters. The van der Waals surface area contributed by atoms with Crippen molar-refractivity contribution in [1.82, 2.24) is 4.90 Å². The van der Waals surface area contributed by atoms with E-state index in [2.05, 4.69) is 19.1 Å². The molecule has 1 saturated carbocycles. The van der Waals surface area contributed by atoms with Gasteiger partial charge in [-0.25, -0.2) is 4.79 Å². The van der Waals surface area contributed by atoms with Gasteiger partial charge in [-0.1, -0.05) is 42.7 Å². The van der Waals surface area contributed by atoms with Gasteiger partial charge < -0.3 is 19.2 Å². The Balaban J connectivity index is 1.28. The van der Waals surface area contributed by atoms with Gasteiger partial charge >= 0.3 is 5.63 Å². The fourth-order valence-electron chi connectivity index (χ4n) is 6.05. The predicted molar refractivity (Wildman–Crippen MR) is 144 cm³/mol. The summed E-state index contributed by atoms with van der Waals surface area (Å²) in [6, 6.07) is 12.1. The molecule has 1 N–H and O–H groups in total. The highest BCUT2D eigenvalue weighted by atomic mass is 16.5. The van der Waals surface area contributed by atoms with E-state index in [1.165, 1.54) is 5.56 Å². The zero-order valence-corrected chi connectivity index (χ0v) is 22.1. The number of carbonyl (C=O) groups is 1. The lowest BCUT2D eigenvalue weighted by molar-refractivity contribution is -0.143. The van der Waals surface area contributed by atoms with Crippen molar-refractivity contribution in [3.63, 3.8) is 0 Å². The van der Waals surface area contributed by atoms with Crippen LogP contribution >= 0.6 is 0 Å². The van der Waals surface area contributed by atoms with Crippen LogP contribution in [0.15, 0.2) is 45.6 Å². The predicted octanol–water partition coefficient (Wildman–Crippen LogP) is 5.38. The van der Waals surface area contributed by atoms with Crippen LogP contribution in [0.5, 0.6) is 5.75 Å². The van der Waals surface area contributed by atoms with Crippen molar-refractivity contribution in [3.8, 4) is 5.75 Å². The van der Waals surface area contributed by atoms with Gasteiger partial charge in [-0.3, -0.25) is 4.79 Å². The molecule has 2 aromatic carbocycles. The van der Waals surface area contributed by atoms with Crippen molar-refractivity contribution >= 4 is 16.9 Å². The number of hydrogen-bond donors (Lipinski definition) is 1. The summed E-state index contributed by atoms with van der Waals surface area (Å²) in [5, 5.41) is 11.8. The van der Waals surface area contributed by atoms with Crippen LogP contribution < -0.4 is 10.4 Å². The summed E-state index contributed by atoms with van der Waals surface area (Å²) in [5.41, 5.74) is 4.01. The Morgan fingerprint density at radius 2 is 1.86 bits per heavy atom. The number of ether oxygens (including phenoxy) is 1. The minimum atomic E-state index is -0.606. The van der Waals surface area contributed by atoms with Gasteiger partial charge in [0.1, 0.15) is 17.9 Å². The molecule has 1 saturated heterocycles. The zero-order valence-electron chi connectivity index (χ0n) is 22.1. The van der Waals surface area contributed by atoms with Crippen molar-refractivity contribution < 1.29 is 19.1 Å². The number of carbonyl (C=O) groups excluding carboxylic acids is 1. The Morgan fingerprint density at radius 1 is 1.08 bits per heavy atom. The molecule has 0 radical (unpaired) electrons. The molecule has 2 fully saturated rings. The van der Waals surface area contributed by atoms with Gasteiger partial charge in [-0.2, -0.15) is 0 Å². The second-order valence-electron chi connectivity index (χ2n) is 11.0. The Hall–Kier alpha value is -3.12. The van der Waals surface area contributed by atoms with Crippen LogP contribution in [0.4, 0.5) is 0 Å². The summed E-state index contributed by atoms with van der Waals surface area (Å²) in [6.45, 7) is 7.52. The van der Waals surface area contributed by atoms with E-state index in [4.69, 9.17) is 9.15 Å². The Bertz CT molecular complexity index is 1360. The van der Waals surface area contributed by atoms with Crippen LogP contribution in [0.25, 0.3) is 11.0 Å². The number of aliphatic hydroxyl groups is 1. The van der Waals surface area contributed by atoms with Crippen LogP contribution in [0.2, 0.25) is 0 Å². The van der Waals surface area contributed by atoms with Gasteiger partial charge in [0, 0.05) is 41.9 Å². The molecular weight excluding hydrogens is 466 g/mol. The van der Waals surface area contributed by atoms with Gasteiger partial charge in [-0.05, 0) is 69.7 Å². The minimum Gasteiger partial charge on any atom is -0.488 e. The van der Waals surface area contributed by atoms with Crippen molar-refractivity contribution in [1.29, 1.82) is 0 Å². The first-order valence-corrected chi connectivity index (χ1v) is 13.5. The Morgan fingerprint density at radius 3 is 2.65 bits per heavy atom. The van der Waals surface area contributed by atoms with Crippen molar-refractivity contribution in [3.05, 3.63) is 74.6 Å². The monoisotopic (exact) mass is 503 g/mol. The smallest absolute Gasteiger partial charge is 0.339 e. The topological polar surface area (TPSA) is 80.0 Å². The van der Waals surface area contributed by atoms with Crippen LogP contribution in [0.1, 0.15) is 66.3 Å². The fraction of sp³-hybridized carbons (Fsp3) is 0.484. The number of likely N-dealkylation sites (tertiary alicyclic amines) is 1. The highest BCUT2D eigenvalue weighted by Crippen LogP contribution is 2.40. The summed E-state index contributed by atoms with van der Waals surface area (Å²) in [4.78, 5) is 27.9. The van der Waals surface area contributed by atoms with E-state index in [1.807, 2.05) is 43.0 Å².